The Morgan fingerprint density at radius 1 is 1.32 bits per heavy atom. The number of nitrogens with zero attached hydrogens (tertiary/aromatic N) is 2. The quantitative estimate of drug-likeness (QED) is 0.923. The van der Waals surface area contributed by atoms with Crippen LogP contribution in [-0.4, -0.2) is 9.78 Å². The molecule has 0 aliphatic carbocycles. The van der Waals surface area contributed by atoms with Gasteiger partial charge in [-0.2, -0.15) is 5.10 Å². The number of aryl methyl sites for hydroxylation is 3. The first-order valence-electron chi connectivity index (χ1n) is 6.34. The third kappa shape index (κ3) is 2.84. The Morgan fingerprint density at radius 2 is 2.00 bits per heavy atom. The van der Waals surface area contributed by atoms with Gasteiger partial charge in [0.1, 0.15) is 5.82 Å². The van der Waals surface area contributed by atoms with Gasteiger partial charge in [-0.1, -0.05) is 12.1 Å². The van der Waals surface area contributed by atoms with E-state index in [4.69, 9.17) is 5.73 Å². The normalized spacial score (nSPS) is 14.4. The van der Waals surface area contributed by atoms with Gasteiger partial charge in [-0.3, -0.25) is 4.68 Å². The summed E-state index contributed by atoms with van der Waals surface area (Å²) in [4.78, 5) is 0. The molecule has 0 amide bonds. The molecule has 102 valence electrons. The van der Waals surface area contributed by atoms with Crippen molar-refractivity contribution in [3.63, 3.8) is 0 Å². The van der Waals surface area contributed by atoms with Crippen molar-refractivity contribution in [2.24, 2.45) is 12.8 Å². The molecule has 4 heteroatoms. The van der Waals surface area contributed by atoms with Gasteiger partial charge < -0.3 is 5.73 Å². The van der Waals surface area contributed by atoms with Crippen LogP contribution in [0.4, 0.5) is 4.39 Å². The minimum atomic E-state index is -0.616. The first-order chi connectivity index (χ1) is 8.79. The van der Waals surface area contributed by atoms with Crippen LogP contribution in [-0.2, 0) is 19.0 Å². The van der Waals surface area contributed by atoms with Gasteiger partial charge in [0.15, 0.2) is 0 Å². The number of hydrogen-bond donors (Lipinski definition) is 1. The molecular weight excluding hydrogens is 241 g/mol. The van der Waals surface area contributed by atoms with Crippen LogP contribution in [0.3, 0.4) is 0 Å². The second-order valence-electron chi connectivity index (χ2n) is 5.46. The van der Waals surface area contributed by atoms with E-state index in [9.17, 15) is 4.39 Å². The molecule has 1 aromatic carbocycles. The lowest BCUT2D eigenvalue weighted by Gasteiger charge is -2.25. The summed E-state index contributed by atoms with van der Waals surface area (Å²) < 4.78 is 15.5. The predicted octanol–water partition coefficient (Wildman–Crippen LogP) is 2.59. The van der Waals surface area contributed by atoms with E-state index in [0.717, 1.165) is 17.0 Å². The second-order valence-corrected chi connectivity index (χ2v) is 5.46. The highest BCUT2D eigenvalue weighted by Gasteiger charge is 2.24. The van der Waals surface area contributed by atoms with Crippen LogP contribution in [0.1, 0.15) is 29.4 Å². The fraction of sp³-hybridized carbons (Fsp3) is 0.400. The lowest BCUT2D eigenvalue weighted by atomic mass is 9.87. The Labute approximate surface area is 113 Å². The van der Waals surface area contributed by atoms with E-state index in [1.165, 1.54) is 6.07 Å². The number of nitrogens with two attached hydrogens (primary N) is 1. The summed E-state index contributed by atoms with van der Waals surface area (Å²) in [5, 5.41) is 4.31. The molecule has 0 fully saturated rings. The molecule has 2 rings (SSSR count). The van der Waals surface area contributed by atoms with E-state index in [2.05, 4.69) is 5.10 Å². The van der Waals surface area contributed by atoms with Crippen molar-refractivity contribution < 1.29 is 4.39 Å². The minimum absolute atomic E-state index is 0.213. The molecule has 3 nitrogen and oxygen atoms in total. The molecule has 0 saturated carbocycles. The maximum Gasteiger partial charge on any atom is 0.126 e. The van der Waals surface area contributed by atoms with Crippen molar-refractivity contribution in [1.29, 1.82) is 0 Å². The van der Waals surface area contributed by atoms with Crippen LogP contribution < -0.4 is 5.73 Å². The summed E-state index contributed by atoms with van der Waals surface area (Å²) >= 11 is 0. The summed E-state index contributed by atoms with van der Waals surface area (Å²) in [6.07, 6.45) is 0.618. The third-order valence-corrected chi connectivity index (χ3v) is 3.48. The van der Waals surface area contributed by atoms with Crippen molar-refractivity contribution in [1.82, 2.24) is 9.78 Å². The van der Waals surface area contributed by atoms with Crippen molar-refractivity contribution in [2.45, 2.75) is 32.7 Å². The highest BCUT2D eigenvalue weighted by molar-refractivity contribution is 5.30. The van der Waals surface area contributed by atoms with Crippen LogP contribution in [0.15, 0.2) is 24.3 Å². The molecule has 19 heavy (non-hydrogen) atoms. The van der Waals surface area contributed by atoms with Crippen LogP contribution in [0.25, 0.3) is 0 Å². The molecule has 1 heterocycles. The summed E-state index contributed by atoms with van der Waals surface area (Å²) in [5.74, 6) is -0.213. The molecule has 1 unspecified atom stereocenters. The number of hydrogen-bond acceptors (Lipinski definition) is 2. The highest BCUT2D eigenvalue weighted by Crippen LogP contribution is 2.24. The Balaban J connectivity index is 2.31. The fourth-order valence-electron chi connectivity index (χ4n) is 2.26. The Bertz CT molecular complexity index is 599. The lowest BCUT2D eigenvalue weighted by molar-refractivity contribution is 0.467. The standard InChI is InChI=1S/C15H20FN3/c1-10-5-6-12(8-14(10)16)15(3,17)9-13-7-11(2)18-19(13)4/h5-8H,9,17H2,1-4H3. The molecule has 0 saturated heterocycles. The Morgan fingerprint density at radius 3 is 2.53 bits per heavy atom. The van der Waals surface area contributed by atoms with Crippen molar-refractivity contribution in [2.75, 3.05) is 0 Å². The third-order valence-electron chi connectivity index (χ3n) is 3.48. The molecular formula is C15H20FN3. The van der Waals surface area contributed by atoms with Crippen LogP contribution in [0.2, 0.25) is 0 Å². The lowest BCUT2D eigenvalue weighted by Crippen LogP contribution is -2.36. The number of halogens is 1. The summed E-state index contributed by atoms with van der Waals surface area (Å²) in [6.45, 7) is 5.61. The van der Waals surface area contributed by atoms with Gasteiger partial charge in [0, 0.05) is 24.7 Å². The second kappa shape index (κ2) is 4.78. The Kier molecular flexibility index (Phi) is 3.45. The average Bonchev–Trinajstić information content (AvgIpc) is 2.60. The van der Waals surface area contributed by atoms with E-state index in [-0.39, 0.29) is 5.82 Å². The van der Waals surface area contributed by atoms with E-state index in [0.29, 0.717) is 12.0 Å². The number of rotatable bonds is 3. The average molecular weight is 261 g/mol. The van der Waals surface area contributed by atoms with Gasteiger partial charge in [0.2, 0.25) is 0 Å². The topological polar surface area (TPSA) is 43.8 Å². The maximum absolute atomic E-state index is 13.7. The van der Waals surface area contributed by atoms with Crippen LogP contribution in [0.5, 0.6) is 0 Å². The molecule has 2 N–H and O–H groups in total. The number of aromatic nitrogens is 2. The monoisotopic (exact) mass is 261 g/mol. The molecule has 0 bridgehead atoms. The van der Waals surface area contributed by atoms with Gasteiger partial charge >= 0.3 is 0 Å². The summed E-state index contributed by atoms with van der Waals surface area (Å²) in [6, 6.07) is 7.19. The molecule has 0 spiro atoms. The van der Waals surface area contributed by atoms with Gasteiger partial charge in [0.05, 0.1) is 5.69 Å². The minimum Gasteiger partial charge on any atom is -0.321 e. The first-order valence-corrected chi connectivity index (χ1v) is 6.34. The summed E-state index contributed by atoms with van der Waals surface area (Å²) in [5.41, 5.74) is 9.19. The van der Waals surface area contributed by atoms with Crippen molar-refractivity contribution in [3.05, 3.63) is 52.6 Å². The van der Waals surface area contributed by atoms with E-state index in [1.807, 2.05) is 37.7 Å². The number of benzene rings is 1. The largest absolute Gasteiger partial charge is 0.321 e. The van der Waals surface area contributed by atoms with Gasteiger partial charge in [-0.05, 0) is 44.0 Å². The molecule has 0 aliphatic rings. The van der Waals surface area contributed by atoms with Crippen LogP contribution >= 0.6 is 0 Å². The zero-order valence-electron chi connectivity index (χ0n) is 11.9. The first kappa shape index (κ1) is 13.7. The fourth-order valence-corrected chi connectivity index (χ4v) is 2.26. The van der Waals surface area contributed by atoms with E-state index < -0.39 is 5.54 Å². The zero-order valence-corrected chi connectivity index (χ0v) is 11.9. The Hall–Kier alpha value is -1.68. The SMILES string of the molecule is Cc1cc(CC(C)(N)c2ccc(C)c(F)c2)n(C)n1. The zero-order chi connectivity index (χ0) is 14.2. The van der Waals surface area contributed by atoms with E-state index in [1.54, 1.807) is 13.0 Å². The van der Waals surface area contributed by atoms with Gasteiger partial charge in [0.25, 0.3) is 0 Å². The smallest absolute Gasteiger partial charge is 0.126 e. The van der Waals surface area contributed by atoms with Crippen LogP contribution in [0, 0.1) is 19.7 Å². The van der Waals surface area contributed by atoms with Crippen molar-refractivity contribution >= 4 is 0 Å². The molecule has 1 atom stereocenters. The predicted molar refractivity (Wildman–Crippen MR) is 74.3 cm³/mol. The van der Waals surface area contributed by atoms with Gasteiger partial charge in [-0.15, -0.1) is 0 Å². The van der Waals surface area contributed by atoms with Gasteiger partial charge in [-0.25, -0.2) is 4.39 Å². The maximum atomic E-state index is 13.7. The molecule has 0 aliphatic heterocycles. The summed E-state index contributed by atoms with van der Waals surface area (Å²) in [7, 11) is 1.90. The van der Waals surface area contributed by atoms with Crippen molar-refractivity contribution in [3.8, 4) is 0 Å². The molecule has 1 aromatic heterocycles. The van der Waals surface area contributed by atoms with E-state index >= 15 is 0 Å². The molecule has 2 aromatic rings. The molecule has 0 radical (unpaired) electrons. The highest BCUT2D eigenvalue weighted by atomic mass is 19.1.